The number of aromatic nitrogens is 1. The highest BCUT2D eigenvalue weighted by Gasteiger charge is 2.35. The minimum absolute atomic E-state index is 0.105. The summed E-state index contributed by atoms with van der Waals surface area (Å²) in [6.45, 7) is 8.70. The lowest BCUT2D eigenvalue weighted by atomic mass is 9.80. The SMILES string of the molecule is CCCC/C=C\CC/C=C\CCCCCC(=O)OC1CC(C)(C)c2cc(C#Cc3ccc(C(=O)OCC)cn3)ccc2S1. The summed E-state index contributed by atoms with van der Waals surface area (Å²) in [4.78, 5) is 29.8. The van der Waals surface area contributed by atoms with Gasteiger partial charge in [0.05, 0.1) is 12.2 Å². The smallest absolute Gasteiger partial charge is 0.339 e. The molecule has 6 heteroatoms. The van der Waals surface area contributed by atoms with Crippen LogP contribution < -0.4 is 0 Å². The molecule has 0 amide bonds. The molecule has 0 fully saturated rings. The summed E-state index contributed by atoms with van der Waals surface area (Å²) in [6.07, 6.45) is 21.9. The zero-order valence-electron chi connectivity index (χ0n) is 26.3. The first-order valence-corrected chi connectivity index (χ1v) is 16.7. The third-order valence-electron chi connectivity index (χ3n) is 7.33. The largest absolute Gasteiger partial charge is 0.462 e. The van der Waals surface area contributed by atoms with Crippen molar-refractivity contribution in [3.8, 4) is 11.8 Å². The van der Waals surface area contributed by atoms with E-state index in [1.165, 1.54) is 31.0 Å². The molecule has 1 aromatic carbocycles. The van der Waals surface area contributed by atoms with Crippen LogP contribution in [0.4, 0.5) is 0 Å². The molecule has 1 aliphatic heterocycles. The fraction of sp³-hybridized carbons (Fsp3) is 0.486. The number of hydrogen-bond acceptors (Lipinski definition) is 6. The monoisotopic (exact) mass is 601 g/mol. The molecule has 0 aliphatic carbocycles. The lowest BCUT2D eigenvalue weighted by Crippen LogP contribution is -2.31. The number of carbonyl (C=O) groups excluding carboxylic acids is 2. The highest BCUT2D eigenvalue weighted by atomic mass is 32.2. The summed E-state index contributed by atoms with van der Waals surface area (Å²) in [6, 6.07) is 9.59. The molecule has 3 rings (SSSR count). The van der Waals surface area contributed by atoms with Crippen molar-refractivity contribution >= 4 is 23.7 Å². The number of pyridine rings is 1. The fourth-order valence-corrected chi connectivity index (χ4v) is 6.40. The highest BCUT2D eigenvalue weighted by Crippen LogP contribution is 2.46. The number of thioether (sulfide) groups is 1. The van der Waals surface area contributed by atoms with Gasteiger partial charge in [-0.2, -0.15) is 0 Å². The van der Waals surface area contributed by atoms with Gasteiger partial charge in [0, 0.05) is 29.5 Å². The second-order valence-electron chi connectivity index (χ2n) is 11.5. The second kappa shape index (κ2) is 18.4. The van der Waals surface area contributed by atoms with Crippen LogP contribution >= 0.6 is 11.8 Å². The van der Waals surface area contributed by atoms with Crippen LogP contribution in [-0.2, 0) is 19.7 Å². The number of ether oxygens (including phenoxy) is 2. The van der Waals surface area contributed by atoms with Gasteiger partial charge in [-0.05, 0) is 92.7 Å². The number of benzene rings is 1. The van der Waals surface area contributed by atoms with Crippen molar-refractivity contribution in [1.82, 2.24) is 4.98 Å². The molecule has 1 atom stereocenters. The number of esters is 2. The molecule has 1 unspecified atom stereocenters. The zero-order valence-corrected chi connectivity index (χ0v) is 27.1. The summed E-state index contributed by atoms with van der Waals surface area (Å²) >= 11 is 1.62. The lowest BCUT2D eigenvalue weighted by molar-refractivity contribution is -0.145. The van der Waals surface area contributed by atoms with Crippen LogP contribution in [-0.4, -0.2) is 29.0 Å². The number of fused-ring (bicyclic) bond motifs is 1. The number of rotatable bonds is 15. The Hall–Kier alpha value is -3.30. The van der Waals surface area contributed by atoms with Crippen molar-refractivity contribution < 1.29 is 19.1 Å². The van der Waals surface area contributed by atoms with Crippen molar-refractivity contribution in [2.24, 2.45) is 0 Å². The molecular weight excluding hydrogens is 554 g/mol. The maximum Gasteiger partial charge on any atom is 0.339 e. The Morgan fingerprint density at radius 3 is 2.40 bits per heavy atom. The highest BCUT2D eigenvalue weighted by molar-refractivity contribution is 7.99. The molecule has 2 heterocycles. The molecule has 0 N–H and O–H groups in total. The summed E-state index contributed by atoms with van der Waals surface area (Å²) < 4.78 is 10.9. The molecule has 0 saturated heterocycles. The van der Waals surface area contributed by atoms with Gasteiger partial charge in [-0.1, -0.05) is 82.0 Å². The minimum atomic E-state index is -0.386. The van der Waals surface area contributed by atoms with Crippen molar-refractivity contribution in [1.29, 1.82) is 0 Å². The van der Waals surface area contributed by atoms with E-state index in [1.807, 2.05) is 6.07 Å². The Bertz CT molecular complexity index is 1300. The summed E-state index contributed by atoms with van der Waals surface area (Å²) in [7, 11) is 0. The van der Waals surface area contributed by atoms with Crippen LogP contribution in [0.25, 0.3) is 0 Å². The number of carbonyl (C=O) groups is 2. The second-order valence-corrected chi connectivity index (χ2v) is 12.7. The maximum absolute atomic E-state index is 12.6. The first-order valence-electron chi connectivity index (χ1n) is 15.8. The van der Waals surface area contributed by atoms with E-state index in [9.17, 15) is 9.59 Å². The van der Waals surface area contributed by atoms with E-state index < -0.39 is 0 Å². The van der Waals surface area contributed by atoms with Crippen LogP contribution in [0.1, 0.15) is 126 Å². The van der Waals surface area contributed by atoms with Crippen LogP contribution in [0.2, 0.25) is 0 Å². The normalized spacial score (nSPS) is 15.6. The van der Waals surface area contributed by atoms with E-state index in [-0.39, 0.29) is 22.8 Å². The molecular formula is C37H47NO4S. The van der Waals surface area contributed by atoms with E-state index in [0.717, 1.165) is 55.4 Å². The van der Waals surface area contributed by atoms with Crippen LogP contribution in [0.15, 0.2) is 65.7 Å². The molecule has 0 spiro atoms. The number of nitrogens with zero attached hydrogens (tertiary/aromatic N) is 1. The quantitative estimate of drug-likeness (QED) is 0.0877. The van der Waals surface area contributed by atoms with Gasteiger partial charge in [0.25, 0.3) is 0 Å². The molecule has 1 aromatic heterocycles. The molecule has 2 aromatic rings. The topological polar surface area (TPSA) is 65.5 Å². The van der Waals surface area contributed by atoms with Crippen LogP contribution in [0, 0.1) is 11.8 Å². The van der Waals surface area contributed by atoms with Crippen molar-refractivity contribution in [2.75, 3.05) is 6.61 Å². The van der Waals surface area contributed by atoms with Crippen LogP contribution in [0.3, 0.4) is 0 Å². The number of hydrogen-bond donors (Lipinski definition) is 0. The molecule has 43 heavy (non-hydrogen) atoms. The Kier molecular flexibility index (Phi) is 14.6. The summed E-state index contributed by atoms with van der Waals surface area (Å²) in [5, 5.41) is 0. The third kappa shape index (κ3) is 12.1. The zero-order chi connectivity index (χ0) is 30.9. The molecule has 0 radical (unpaired) electrons. The Labute approximate surface area is 262 Å². The summed E-state index contributed by atoms with van der Waals surface area (Å²) in [5.74, 6) is 5.79. The summed E-state index contributed by atoms with van der Waals surface area (Å²) in [5.41, 5.74) is 2.77. The van der Waals surface area contributed by atoms with Gasteiger partial charge in [0.15, 0.2) is 5.44 Å². The number of unbranched alkanes of at least 4 members (excludes halogenated alkanes) is 6. The van der Waals surface area contributed by atoms with E-state index >= 15 is 0 Å². The van der Waals surface area contributed by atoms with Gasteiger partial charge in [-0.15, -0.1) is 0 Å². The molecule has 1 aliphatic rings. The van der Waals surface area contributed by atoms with E-state index in [1.54, 1.807) is 30.8 Å². The Balaban J connectivity index is 1.41. The molecule has 5 nitrogen and oxygen atoms in total. The minimum Gasteiger partial charge on any atom is -0.462 e. The van der Waals surface area contributed by atoms with Gasteiger partial charge >= 0.3 is 11.9 Å². The molecule has 230 valence electrons. The average molecular weight is 602 g/mol. The molecule has 0 bridgehead atoms. The van der Waals surface area contributed by atoms with Gasteiger partial charge < -0.3 is 9.47 Å². The maximum atomic E-state index is 12.6. The first kappa shape index (κ1) is 34.2. The van der Waals surface area contributed by atoms with E-state index in [4.69, 9.17) is 9.47 Å². The van der Waals surface area contributed by atoms with Gasteiger partial charge in [-0.25, -0.2) is 9.78 Å². The number of allylic oxidation sites excluding steroid dienone is 4. The third-order valence-corrected chi connectivity index (χ3v) is 8.46. The first-order chi connectivity index (χ1) is 20.8. The lowest BCUT2D eigenvalue weighted by Gasteiger charge is -2.36. The van der Waals surface area contributed by atoms with E-state index in [0.29, 0.717) is 24.3 Å². The Morgan fingerprint density at radius 2 is 1.70 bits per heavy atom. The Morgan fingerprint density at radius 1 is 0.953 bits per heavy atom. The van der Waals surface area contributed by atoms with Crippen molar-refractivity contribution in [2.45, 2.75) is 114 Å². The fourth-order valence-electron chi connectivity index (χ4n) is 4.85. The predicted molar refractivity (Wildman–Crippen MR) is 176 cm³/mol. The van der Waals surface area contributed by atoms with E-state index in [2.05, 4.69) is 74.0 Å². The van der Waals surface area contributed by atoms with Gasteiger partial charge in [0.1, 0.15) is 5.69 Å². The standard InChI is InChI=1S/C37H47NO4S/c1-5-7-8-9-10-11-12-13-14-15-16-17-18-19-34(39)42-35-27-37(3,4)32-26-29(21-25-33(32)43-35)20-23-31-24-22-30(28-38-31)36(40)41-6-2/h9-10,13-14,21-22,24-26,28,35H,5-8,11-12,15-19,27H2,1-4H3/b10-9-,14-13-. The average Bonchev–Trinajstić information content (AvgIpc) is 2.98. The molecule has 0 saturated carbocycles. The van der Waals surface area contributed by atoms with Gasteiger partial charge in [-0.3, -0.25) is 4.79 Å². The van der Waals surface area contributed by atoms with Crippen molar-refractivity contribution in [3.63, 3.8) is 0 Å². The van der Waals surface area contributed by atoms with Crippen molar-refractivity contribution in [3.05, 3.63) is 83.2 Å². The predicted octanol–water partition coefficient (Wildman–Crippen LogP) is 9.33. The van der Waals surface area contributed by atoms with Crippen LogP contribution in [0.5, 0.6) is 0 Å². The van der Waals surface area contributed by atoms with Gasteiger partial charge in [0.2, 0.25) is 0 Å².